The van der Waals surface area contributed by atoms with Crippen molar-refractivity contribution in [1.82, 2.24) is 5.32 Å². The first-order valence-electron chi connectivity index (χ1n) is 12.3. The molecule has 10 nitrogen and oxygen atoms in total. The summed E-state index contributed by atoms with van der Waals surface area (Å²) in [4.78, 5) is 50.4. The summed E-state index contributed by atoms with van der Waals surface area (Å²) in [5, 5.41) is 11.4. The van der Waals surface area contributed by atoms with Crippen molar-refractivity contribution in [2.75, 3.05) is 18.1 Å². The van der Waals surface area contributed by atoms with E-state index in [4.69, 9.17) is 30.9 Å². The highest BCUT2D eigenvalue weighted by molar-refractivity contribution is 6.39. The first-order valence-corrected chi connectivity index (χ1v) is 12.6. The number of nitrogens with zero attached hydrogens (tertiary/aromatic N) is 1. The zero-order valence-electron chi connectivity index (χ0n) is 21.6. The summed E-state index contributed by atoms with van der Waals surface area (Å²) in [6.07, 6.45) is 1.31. The van der Waals surface area contributed by atoms with Crippen molar-refractivity contribution in [3.05, 3.63) is 87.9 Å². The van der Waals surface area contributed by atoms with Crippen LogP contribution in [0.3, 0.4) is 0 Å². The van der Waals surface area contributed by atoms with Gasteiger partial charge in [-0.3, -0.25) is 14.9 Å². The number of barbiturate groups is 1. The van der Waals surface area contributed by atoms with E-state index in [2.05, 4.69) is 5.32 Å². The molecular formula is C29H25ClN2O8. The Bertz CT molecular complexity index is 1480. The van der Waals surface area contributed by atoms with E-state index in [1.165, 1.54) is 24.3 Å². The minimum Gasteiger partial charge on any atom is -0.494 e. The van der Waals surface area contributed by atoms with E-state index in [9.17, 15) is 19.2 Å². The second kappa shape index (κ2) is 12.4. The van der Waals surface area contributed by atoms with Crippen molar-refractivity contribution in [3.8, 4) is 17.2 Å². The number of hydrogen-bond donors (Lipinski definition) is 2. The van der Waals surface area contributed by atoms with E-state index in [0.29, 0.717) is 23.5 Å². The number of carboxylic acids is 1. The van der Waals surface area contributed by atoms with Crippen molar-refractivity contribution in [2.45, 2.75) is 20.5 Å². The Labute approximate surface area is 234 Å². The third-order valence-electron chi connectivity index (χ3n) is 5.73. The summed E-state index contributed by atoms with van der Waals surface area (Å²) >= 11 is 6.51. The molecule has 4 rings (SSSR count). The number of ether oxygens (including phenoxy) is 3. The van der Waals surface area contributed by atoms with Gasteiger partial charge >= 0.3 is 12.0 Å². The summed E-state index contributed by atoms with van der Waals surface area (Å²) in [5.41, 5.74) is 1.21. The molecule has 1 aliphatic rings. The number of benzene rings is 3. The van der Waals surface area contributed by atoms with Gasteiger partial charge in [0.2, 0.25) is 0 Å². The molecule has 0 bridgehead atoms. The van der Waals surface area contributed by atoms with Crippen LogP contribution in [-0.4, -0.2) is 42.1 Å². The predicted molar refractivity (Wildman–Crippen MR) is 147 cm³/mol. The number of imide groups is 2. The van der Waals surface area contributed by atoms with Crippen molar-refractivity contribution >= 4 is 47.2 Å². The molecular weight excluding hydrogens is 540 g/mol. The maximum atomic E-state index is 13.3. The fraction of sp³-hybridized carbons (Fsp3) is 0.172. The Kier molecular flexibility index (Phi) is 8.70. The molecule has 4 amide bonds. The average molecular weight is 565 g/mol. The minimum absolute atomic E-state index is 0.0835. The number of urea groups is 1. The van der Waals surface area contributed by atoms with Gasteiger partial charge in [0.25, 0.3) is 11.8 Å². The zero-order valence-corrected chi connectivity index (χ0v) is 22.4. The summed E-state index contributed by atoms with van der Waals surface area (Å²) in [5.74, 6) is -1.61. The van der Waals surface area contributed by atoms with Gasteiger partial charge in [0.15, 0.2) is 11.5 Å². The number of carbonyl (C=O) groups is 4. The smallest absolute Gasteiger partial charge is 0.335 e. The summed E-state index contributed by atoms with van der Waals surface area (Å²) in [6.45, 7) is 4.42. The standard InChI is InChI=1S/C29H25ClN2O8/c1-3-38-21-11-9-20(10-12-21)32-27(34)22(26(33)31-29(32)37)13-18-14-23(30)25(24(15-18)39-4-2)40-16-17-5-7-19(8-6-17)28(35)36/h5-15H,3-4,16H2,1-2H3,(H,35,36)(H,31,33,37)/b22-13+. The number of amides is 4. The van der Waals surface area contributed by atoms with Gasteiger partial charge in [0.05, 0.1) is 29.5 Å². The third-order valence-corrected chi connectivity index (χ3v) is 6.02. The number of carbonyl (C=O) groups excluding carboxylic acids is 3. The van der Waals surface area contributed by atoms with Crippen LogP contribution in [0.25, 0.3) is 6.08 Å². The number of anilines is 1. The summed E-state index contributed by atoms with van der Waals surface area (Å²) in [6, 6.07) is 14.7. The molecule has 2 N–H and O–H groups in total. The molecule has 3 aromatic rings. The summed E-state index contributed by atoms with van der Waals surface area (Å²) in [7, 11) is 0. The van der Waals surface area contributed by atoms with Crippen LogP contribution >= 0.6 is 11.6 Å². The number of carboxylic acid groups (broad SMARTS) is 1. The lowest BCUT2D eigenvalue weighted by Gasteiger charge is -2.26. The van der Waals surface area contributed by atoms with E-state index < -0.39 is 23.8 Å². The molecule has 1 fully saturated rings. The van der Waals surface area contributed by atoms with Crippen LogP contribution in [0.5, 0.6) is 17.2 Å². The monoisotopic (exact) mass is 564 g/mol. The van der Waals surface area contributed by atoms with Crippen LogP contribution in [0.2, 0.25) is 5.02 Å². The van der Waals surface area contributed by atoms with Crippen LogP contribution in [0.15, 0.2) is 66.2 Å². The van der Waals surface area contributed by atoms with Gasteiger partial charge in [-0.25, -0.2) is 14.5 Å². The lowest BCUT2D eigenvalue weighted by atomic mass is 10.1. The maximum Gasteiger partial charge on any atom is 0.335 e. The Morgan fingerprint density at radius 1 is 0.950 bits per heavy atom. The number of nitrogens with one attached hydrogen (secondary N) is 1. The van der Waals surface area contributed by atoms with Crippen LogP contribution in [-0.2, 0) is 16.2 Å². The quantitative estimate of drug-likeness (QED) is 0.257. The normalized spacial score (nSPS) is 14.2. The molecule has 1 saturated heterocycles. The van der Waals surface area contributed by atoms with Gasteiger partial charge in [-0.15, -0.1) is 0 Å². The van der Waals surface area contributed by atoms with Crippen molar-refractivity contribution < 1.29 is 38.5 Å². The van der Waals surface area contributed by atoms with Gasteiger partial charge in [0, 0.05) is 0 Å². The molecule has 0 aliphatic carbocycles. The van der Waals surface area contributed by atoms with Crippen LogP contribution in [0.4, 0.5) is 10.5 Å². The lowest BCUT2D eigenvalue weighted by Crippen LogP contribution is -2.54. The topological polar surface area (TPSA) is 131 Å². The molecule has 0 radical (unpaired) electrons. The van der Waals surface area contributed by atoms with E-state index in [0.717, 1.165) is 4.90 Å². The zero-order chi connectivity index (χ0) is 28.8. The van der Waals surface area contributed by atoms with Crippen LogP contribution in [0, 0.1) is 0 Å². The molecule has 0 aromatic heterocycles. The Balaban J connectivity index is 1.61. The van der Waals surface area contributed by atoms with Gasteiger partial charge < -0.3 is 19.3 Å². The molecule has 0 saturated carbocycles. The highest BCUT2D eigenvalue weighted by Gasteiger charge is 2.37. The van der Waals surface area contributed by atoms with E-state index in [1.807, 2.05) is 6.92 Å². The predicted octanol–water partition coefficient (Wildman–Crippen LogP) is 5.08. The highest BCUT2D eigenvalue weighted by atomic mass is 35.5. The van der Waals surface area contributed by atoms with E-state index >= 15 is 0 Å². The number of hydrogen-bond acceptors (Lipinski definition) is 7. The molecule has 206 valence electrons. The maximum absolute atomic E-state index is 13.3. The fourth-order valence-corrected chi connectivity index (χ4v) is 4.16. The second-order valence-corrected chi connectivity index (χ2v) is 8.85. The first kappa shape index (κ1) is 28.2. The molecule has 3 aromatic carbocycles. The Hall–Kier alpha value is -4.83. The van der Waals surface area contributed by atoms with Crippen molar-refractivity contribution in [3.63, 3.8) is 0 Å². The molecule has 0 spiro atoms. The molecule has 1 heterocycles. The molecule has 0 unspecified atom stereocenters. The minimum atomic E-state index is -1.03. The lowest BCUT2D eigenvalue weighted by molar-refractivity contribution is -0.122. The summed E-state index contributed by atoms with van der Waals surface area (Å²) < 4.78 is 17.0. The molecule has 0 atom stereocenters. The van der Waals surface area contributed by atoms with Crippen LogP contribution in [0.1, 0.15) is 35.3 Å². The Morgan fingerprint density at radius 2 is 1.62 bits per heavy atom. The molecule has 1 aliphatic heterocycles. The van der Waals surface area contributed by atoms with Crippen LogP contribution < -0.4 is 24.4 Å². The van der Waals surface area contributed by atoms with Gasteiger partial charge in [-0.2, -0.15) is 0 Å². The third kappa shape index (κ3) is 6.24. The first-order chi connectivity index (χ1) is 19.2. The fourth-order valence-electron chi connectivity index (χ4n) is 3.89. The molecule has 11 heteroatoms. The van der Waals surface area contributed by atoms with E-state index in [-0.39, 0.29) is 46.6 Å². The number of aromatic carboxylic acids is 1. The Morgan fingerprint density at radius 3 is 2.25 bits per heavy atom. The van der Waals surface area contributed by atoms with Gasteiger partial charge in [-0.05, 0) is 79.6 Å². The number of halogens is 1. The SMILES string of the molecule is CCOc1ccc(N2C(=O)NC(=O)/C(=C\c3cc(Cl)c(OCc4ccc(C(=O)O)cc4)c(OCC)c3)C2=O)cc1. The number of rotatable bonds is 10. The second-order valence-electron chi connectivity index (χ2n) is 8.44. The largest absolute Gasteiger partial charge is 0.494 e. The van der Waals surface area contributed by atoms with Crippen molar-refractivity contribution in [1.29, 1.82) is 0 Å². The highest BCUT2D eigenvalue weighted by Crippen LogP contribution is 2.38. The average Bonchev–Trinajstić information content (AvgIpc) is 2.92. The van der Waals surface area contributed by atoms with Crippen molar-refractivity contribution in [2.24, 2.45) is 0 Å². The molecule has 40 heavy (non-hydrogen) atoms. The van der Waals surface area contributed by atoms with Gasteiger partial charge in [-0.1, -0.05) is 23.7 Å². The van der Waals surface area contributed by atoms with Gasteiger partial charge in [0.1, 0.15) is 17.9 Å². The van der Waals surface area contributed by atoms with E-state index in [1.54, 1.807) is 49.4 Å².